The van der Waals surface area contributed by atoms with Crippen LogP contribution in [-0.4, -0.2) is 28.9 Å². The van der Waals surface area contributed by atoms with Crippen LogP contribution in [0.25, 0.3) is 0 Å². The first kappa shape index (κ1) is 18.4. The van der Waals surface area contributed by atoms with E-state index >= 15 is 0 Å². The molecule has 0 bridgehead atoms. The summed E-state index contributed by atoms with van der Waals surface area (Å²) < 4.78 is 22.4. The fraction of sp³-hybridized carbons (Fsp3) is 0.364. The molecule has 6 nitrogen and oxygen atoms in total. The number of hydrogen-bond acceptors (Lipinski definition) is 4. The number of amides is 2. The van der Waals surface area contributed by atoms with E-state index in [4.69, 9.17) is 4.74 Å². The van der Waals surface area contributed by atoms with Crippen LogP contribution in [0.2, 0.25) is 0 Å². The Hall–Kier alpha value is -2.67. The molecular formula is C22H22N2O4S. The highest BCUT2D eigenvalue weighted by molar-refractivity contribution is 7.95. The number of nitrogens with zero attached hydrogens (tertiary/aromatic N) is 1. The van der Waals surface area contributed by atoms with Crippen molar-refractivity contribution in [2.45, 2.75) is 43.4 Å². The third kappa shape index (κ3) is 2.95. The second kappa shape index (κ2) is 6.69. The number of benzene rings is 2. The van der Waals surface area contributed by atoms with Crippen molar-refractivity contribution >= 4 is 27.2 Å². The van der Waals surface area contributed by atoms with E-state index < -0.39 is 15.6 Å². The van der Waals surface area contributed by atoms with Crippen molar-refractivity contribution in [2.75, 3.05) is 18.2 Å². The molecule has 0 aromatic heterocycles. The Morgan fingerprint density at radius 2 is 1.79 bits per heavy atom. The zero-order valence-electron chi connectivity index (χ0n) is 16.2. The third-order valence-electron chi connectivity index (χ3n) is 6.06. The van der Waals surface area contributed by atoms with Crippen LogP contribution in [0.3, 0.4) is 0 Å². The molecule has 2 aromatic carbocycles. The molecule has 0 saturated heterocycles. The summed E-state index contributed by atoms with van der Waals surface area (Å²) in [6, 6.07) is 7.05. The highest BCUT2D eigenvalue weighted by atomic mass is 32.2. The van der Waals surface area contributed by atoms with Crippen LogP contribution >= 0.6 is 0 Å². The van der Waals surface area contributed by atoms with Gasteiger partial charge in [0.25, 0.3) is 5.91 Å². The van der Waals surface area contributed by atoms with E-state index in [-0.39, 0.29) is 17.2 Å². The molecule has 5 rings (SSSR count). The van der Waals surface area contributed by atoms with E-state index in [1.165, 1.54) is 35.4 Å². The van der Waals surface area contributed by atoms with Gasteiger partial charge in [0.15, 0.2) is 0 Å². The zero-order chi connectivity index (χ0) is 20.2. The molecule has 150 valence electrons. The maximum Gasteiger partial charge on any atom is 0.286 e. The predicted molar refractivity (Wildman–Crippen MR) is 110 cm³/mol. The Labute approximate surface area is 169 Å². The van der Waals surface area contributed by atoms with Gasteiger partial charge in [-0.2, -0.15) is 4.36 Å². The first-order chi connectivity index (χ1) is 14.0. The highest BCUT2D eigenvalue weighted by Gasteiger charge is 2.32. The van der Waals surface area contributed by atoms with Gasteiger partial charge in [-0.05, 0) is 79.0 Å². The topological polar surface area (TPSA) is 84.8 Å². The first-order valence-electron chi connectivity index (χ1n) is 9.92. The molecule has 1 unspecified atom stereocenters. The molecule has 29 heavy (non-hydrogen) atoms. The van der Waals surface area contributed by atoms with Crippen LogP contribution in [0.4, 0.5) is 5.69 Å². The summed E-state index contributed by atoms with van der Waals surface area (Å²) in [5.74, 6) is -0.741. The Kier molecular flexibility index (Phi) is 4.24. The van der Waals surface area contributed by atoms with Gasteiger partial charge in [0.1, 0.15) is 11.5 Å². The van der Waals surface area contributed by atoms with Gasteiger partial charge in [-0.1, -0.05) is 6.07 Å². The van der Waals surface area contributed by atoms with Gasteiger partial charge < -0.3 is 10.1 Å². The maximum absolute atomic E-state index is 13.4. The average molecular weight is 410 g/mol. The molecule has 2 aliphatic carbocycles. The maximum atomic E-state index is 13.4. The van der Waals surface area contributed by atoms with Gasteiger partial charge in [-0.15, -0.1) is 0 Å². The van der Waals surface area contributed by atoms with Crippen LogP contribution in [0.1, 0.15) is 45.5 Å². The van der Waals surface area contributed by atoms with Gasteiger partial charge in [-0.25, -0.2) is 4.21 Å². The molecule has 2 aromatic rings. The molecule has 0 spiro atoms. The lowest BCUT2D eigenvalue weighted by atomic mass is 9.98. The lowest BCUT2D eigenvalue weighted by Gasteiger charge is -2.16. The number of anilines is 1. The molecule has 0 radical (unpaired) electrons. The number of aryl methyl sites for hydroxylation is 2. The van der Waals surface area contributed by atoms with Gasteiger partial charge in [-0.3, -0.25) is 9.59 Å². The summed E-state index contributed by atoms with van der Waals surface area (Å²) in [4.78, 5) is 25.5. The molecule has 0 fully saturated rings. The van der Waals surface area contributed by atoms with Crippen LogP contribution in [-0.2, 0) is 40.2 Å². The Morgan fingerprint density at radius 3 is 2.45 bits per heavy atom. The van der Waals surface area contributed by atoms with E-state index in [9.17, 15) is 13.8 Å². The van der Waals surface area contributed by atoms with Crippen molar-refractivity contribution in [3.8, 4) is 5.75 Å². The van der Waals surface area contributed by atoms with Gasteiger partial charge in [0.05, 0.1) is 27.3 Å². The summed E-state index contributed by atoms with van der Waals surface area (Å²) >= 11 is 0. The highest BCUT2D eigenvalue weighted by Crippen LogP contribution is 2.39. The molecule has 1 N–H and O–H groups in total. The average Bonchev–Trinajstić information content (AvgIpc) is 3.40. The molecule has 2 amide bonds. The first-order valence-corrected chi connectivity index (χ1v) is 11.6. The van der Waals surface area contributed by atoms with Crippen molar-refractivity contribution in [3.05, 3.63) is 52.1 Å². The molecule has 1 aliphatic heterocycles. The van der Waals surface area contributed by atoms with Crippen LogP contribution in [0, 0.1) is 0 Å². The van der Waals surface area contributed by atoms with E-state index in [2.05, 4.69) is 15.7 Å². The van der Waals surface area contributed by atoms with Gasteiger partial charge in [0.2, 0.25) is 5.91 Å². The summed E-state index contributed by atoms with van der Waals surface area (Å²) in [7, 11) is -1.63. The Balaban J connectivity index is 1.46. The molecular weight excluding hydrogens is 388 g/mol. The predicted octanol–water partition coefficient (Wildman–Crippen LogP) is 3.29. The molecule has 7 heteroatoms. The normalized spacial score (nSPS) is 21.3. The van der Waals surface area contributed by atoms with E-state index in [0.29, 0.717) is 10.6 Å². The number of carbonyl (C=O) groups excluding carboxylic acids is 2. The fourth-order valence-electron chi connectivity index (χ4n) is 4.74. The minimum atomic E-state index is -3.13. The van der Waals surface area contributed by atoms with Crippen molar-refractivity contribution in [2.24, 2.45) is 4.36 Å². The SMILES string of the molecule is COc1ccc2c(c1)C(=O)N=S2(=O)CC(=O)Nc1c2c(cc3c1CCC3)CCC2. The van der Waals surface area contributed by atoms with Gasteiger partial charge in [0, 0.05) is 5.69 Å². The number of nitrogens with one attached hydrogen (secondary N) is 1. The van der Waals surface area contributed by atoms with Crippen molar-refractivity contribution in [3.63, 3.8) is 0 Å². The number of hydrogen-bond donors (Lipinski definition) is 1. The summed E-state index contributed by atoms with van der Waals surface area (Å²) in [5.41, 5.74) is 6.26. The number of carbonyl (C=O) groups is 2. The fourth-order valence-corrected chi connectivity index (χ4v) is 6.63. The van der Waals surface area contributed by atoms with E-state index in [1.54, 1.807) is 12.1 Å². The van der Waals surface area contributed by atoms with Crippen molar-refractivity contribution in [1.29, 1.82) is 0 Å². The largest absolute Gasteiger partial charge is 0.497 e. The van der Waals surface area contributed by atoms with Crippen LogP contribution in [0.5, 0.6) is 5.75 Å². The standard InChI is InChI=1S/C22H22N2O4S/c1-28-15-8-9-19-18(11-15)22(26)24-29(19,27)12-20(25)23-21-16-6-2-4-13(16)10-14-5-3-7-17(14)21/h8-11H,2-7,12H2,1H3,(H,23,25). The number of rotatable bonds is 4. The summed E-state index contributed by atoms with van der Waals surface area (Å²) in [6.45, 7) is 0. The van der Waals surface area contributed by atoms with Crippen molar-refractivity contribution in [1.82, 2.24) is 0 Å². The zero-order valence-corrected chi connectivity index (χ0v) is 17.1. The van der Waals surface area contributed by atoms with Crippen LogP contribution in [0.15, 0.2) is 33.5 Å². The monoisotopic (exact) mass is 410 g/mol. The number of ether oxygens (including phenoxy) is 1. The molecule has 1 atom stereocenters. The minimum absolute atomic E-state index is 0.253. The van der Waals surface area contributed by atoms with Crippen LogP contribution < -0.4 is 10.1 Å². The summed E-state index contributed by atoms with van der Waals surface area (Å²) in [6.07, 6.45) is 6.19. The Morgan fingerprint density at radius 1 is 1.10 bits per heavy atom. The minimum Gasteiger partial charge on any atom is -0.497 e. The lowest BCUT2D eigenvalue weighted by molar-refractivity contribution is -0.113. The third-order valence-corrected chi connectivity index (χ3v) is 8.21. The lowest BCUT2D eigenvalue weighted by Crippen LogP contribution is -2.23. The summed E-state index contributed by atoms with van der Waals surface area (Å²) in [5, 5.41) is 3.05. The molecule has 1 heterocycles. The van der Waals surface area contributed by atoms with E-state index in [0.717, 1.165) is 44.2 Å². The van der Waals surface area contributed by atoms with Crippen molar-refractivity contribution < 1.29 is 18.5 Å². The number of fused-ring (bicyclic) bond motifs is 3. The second-order valence-electron chi connectivity index (χ2n) is 7.83. The Bertz CT molecular complexity index is 1160. The number of methoxy groups -OCH3 is 1. The second-order valence-corrected chi connectivity index (χ2v) is 10.0. The quantitative estimate of drug-likeness (QED) is 0.838. The van der Waals surface area contributed by atoms with E-state index in [1.807, 2.05) is 0 Å². The molecule has 3 aliphatic rings. The smallest absolute Gasteiger partial charge is 0.286 e. The molecule has 0 saturated carbocycles. The van der Waals surface area contributed by atoms with Gasteiger partial charge >= 0.3 is 0 Å².